The Morgan fingerprint density at radius 1 is 1.09 bits per heavy atom. The third-order valence-electron chi connectivity index (χ3n) is 9.59. The van der Waals surface area contributed by atoms with Crippen molar-refractivity contribution in [3.63, 3.8) is 0 Å². The van der Waals surface area contributed by atoms with Gasteiger partial charge in [-0.1, -0.05) is 29.3 Å². The molecular weight excluding hydrogens is 617 g/mol. The van der Waals surface area contributed by atoms with Crippen molar-refractivity contribution in [2.24, 2.45) is 0 Å². The highest BCUT2D eigenvalue weighted by molar-refractivity contribution is 6.35. The second kappa shape index (κ2) is 11.0. The van der Waals surface area contributed by atoms with E-state index in [1.54, 1.807) is 18.3 Å². The molecular formula is C33H33Cl2N5O5. The number of anilines is 1. The molecule has 10 nitrogen and oxygen atoms in total. The maximum Gasteiger partial charge on any atom is 0.337 e. The zero-order valence-electron chi connectivity index (χ0n) is 25.0. The van der Waals surface area contributed by atoms with Crippen LogP contribution in [0, 0.1) is 0 Å². The molecule has 0 bridgehead atoms. The molecule has 3 aliphatic heterocycles. The number of fused-ring (bicyclic) bond motifs is 3. The average Bonchev–Trinajstić information content (AvgIpc) is 3.53. The van der Waals surface area contributed by atoms with E-state index < -0.39 is 11.8 Å². The Kier molecular flexibility index (Phi) is 7.09. The number of pyridine rings is 1. The quantitative estimate of drug-likeness (QED) is 0.230. The summed E-state index contributed by atoms with van der Waals surface area (Å²) < 4.78 is 25.8. The number of hydrogen-bond acceptors (Lipinski definition) is 9. The number of imidazole rings is 1. The van der Waals surface area contributed by atoms with Gasteiger partial charge in [0.25, 0.3) is 5.79 Å². The van der Waals surface area contributed by atoms with Crippen molar-refractivity contribution in [3.05, 3.63) is 75.8 Å². The summed E-state index contributed by atoms with van der Waals surface area (Å²) in [5.74, 6) is 0.914. The lowest BCUT2D eigenvalue weighted by Gasteiger charge is -2.54. The topological polar surface area (TPSA) is 91.2 Å². The van der Waals surface area contributed by atoms with Crippen LogP contribution in [0.2, 0.25) is 10.0 Å². The van der Waals surface area contributed by atoms with Gasteiger partial charge in [0.1, 0.15) is 17.0 Å². The van der Waals surface area contributed by atoms with Gasteiger partial charge >= 0.3 is 5.97 Å². The molecule has 8 rings (SSSR count). The normalized spacial score (nSPS) is 25.5. The number of nitrogens with zero attached hydrogens (tertiary/aromatic N) is 5. The van der Waals surface area contributed by atoms with Crippen LogP contribution in [-0.4, -0.2) is 70.4 Å². The lowest BCUT2D eigenvalue weighted by atomic mass is 9.81. The fourth-order valence-corrected chi connectivity index (χ4v) is 7.38. The van der Waals surface area contributed by atoms with Crippen LogP contribution in [-0.2, 0) is 28.4 Å². The first-order valence-corrected chi connectivity index (χ1v) is 16.1. The molecule has 2 saturated heterocycles. The first-order chi connectivity index (χ1) is 21.8. The van der Waals surface area contributed by atoms with Gasteiger partial charge in [0, 0.05) is 44.9 Å². The molecule has 4 aromatic rings. The Morgan fingerprint density at radius 2 is 1.93 bits per heavy atom. The first-order valence-electron chi connectivity index (χ1n) is 15.3. The number of carbonyl (C=O) groups excluding carboxylic acids is 1. The summed E-state index contributed by atoms with van der Waals surface area (Å²) in [6, 6.07) is 13.9. The van der Waals surface area contributed by atoms with Crippen LogP contribution in [0.3, 0.4) is 0 Å². The fraction of sp³-hybridized carbons (Fsp3) is 0.424. The van der Waals surface area contributed by atoms with Gasteiger partial charge < -0.3 is 28.4 Å². The van der Waals surface area contributed by atoms with Gasteiger partial charge in [0.15, 0.2) is 11.5 Å². The number of aromatic nitrogens is 3. The molecule has 0 amide bonds. The minimum atomic E-state index is -1.04. The van der Waals surface area contributed by atoms with Crippen molar-refractivity contribution in [1.82, 2.24) is 19.4 Å². The molecule has 2 aromatic carbocycles. The Hall–Kier alpha value is -3.57. The van der Waals surface area contributed by atoms with E-state index in [0.29, 0.717) is 57.7 Å². The van der Waals surface area contributed by atoms with Gasteiger partial charge in [-0.3, -0.25) is 9.88 Å². The number of rotatable bonds is 7. The number of piperazine rings is 1. The fourth-order valence-electron chi connectivity index (χ4n) is 7.01. The summed E-state index contributed by atoms with van der Waals surface area (Å²) in [5.41, 5.74) is 3.63. The molecule has 0 N–H and O–H groups in total. The van der Waals surface area contributed by atoms with Gasteiger partial charge in [-0.25, -0.2) is 9.78 Å². The van der Waals surface area contributed by atoms with Gasteiger partial charge in [-0.2, -0.15) is 0 Å². The van der Waals surface area contributed by atoms with Crippen molar-refractivity contribution in [2.75, 3.05) is 31.7 Å². The number of halogens is 2. The van der Waals surface area contributed by atoms with Gasteiger partial charge in [0.05, 0.1) is 53.1 Å². The van der Waals surface area contributed by atoms with Crippen LogP contribution in [0.5, 0.6) is 11.5 Å². The summed E-state index contributed by atoms with van der Waals surface area (Å²) in [4.78, 5) is 26.9. The number of esters is 1. The summed E-state index contributed by atoms with van der Waals surface area (Å²) in [6.07, 6.45) is 4.90. The summed E-state index contributed by atoms with van der Waals surface area (Å²) in [5, 5.41) is 1.00. The molecule has 234 valence electrons. The van der Waals surface area contributed by atoms with Crippen molar-refractivity contribution in [2.45, 2.75) is 63.3 Å². The third-order valence-corrected chi connectivity index (χ3v) is 10.1. The van der Waals surface area contributed by atoms with E-state index in [0.717, 1.165) is 61.7 Å². The molecule has 3 fully saturated rings. The largest absolute Gasteiger partial charge is 0.465 e. The van der Waals surface area contributed by atoms with Gasteiger partial charge in [0.2, 0.25) is 0 Å². The van der Waals surface area contributed by atoms with E-state index in [1.165, 1.54) is 7.11 Å². The van der Waals surface area contributed by atoms with Crippen LogP contribution in [0.25, 0.3) is 11.0 Å². The average molecular weight is 651 g/mol. The number of ether oxygens (including phenoxy) is 4. The second-order valence-electron chi connectivity index (χ2n) is 12.2. The predicted octanol–water partition coefficient (Wildman–Crippen LogP) is 5.81. The molecule has 1 saturated carbocycles. The summed E-state index contributed by atoms with van der Waals surface area (Å²) in [7, 11) is 1.37. The molecule has 0 spiro atoms. The summed E-state index contributed by atoms with van der Waals surface area (Å²) >= 11 is 12.8. The molecule has 3 unspecified atom stereocenters. The van der Waals surface area contributed by atoms with E-state index in [2.05, 4.69) is 25.4 Å². The van der Waals surface area contributed by atoms with E-state index in [9.17, 15) is 4.79 Å². The van der Waals surface area contributed by atoms with Crippen LogP contribution in [0.4, 0.5) is 5.69 Å². The lowest BCUT2D eigenvalue weighted by Crippen LogP contribution is -2.64. The Labute approximate surface area is 270 Å². The van der Waals surface area contributed by atoms with Crippen LogP contribution in [0.1, 0.15) is 48.1 Å². The number of para-hydroxylation sites is 1. The summed E-state index contributed by atoms with van der Waals surface area (Å²) in [6.45, 7) is 5.67. The Morgan fingerprint density at radius 3 is 2.64 bits per heavy atom. The zero-order chi connectivity index (χ0) is 30.9. The minimum absolute atomic E-state index is 0.117. The highest BCUT2D eigenvalue weighted by atomic mass is 35.5. The van der Waals surface area contributed by atoms with E-state index in [4.69, 9.17) is 47.1 Å². The van der Waals surface area contributed by atoms with Crippen molar-refractivity contribution < 1.29 is 23.7 Å². The van der Waals surface area contributed by atoms with Crippen molar-refractivity contribution >= 4 is 45.9 Å². The number of benzene rings is 2. The highest BCUT2D eigenvalue weighted by Gasteiger charge is 2.47. The van der Waals surface area contributed by atoms with E-state index in [-0.39, 0.29) is 6.10 Å². The molecule has 5 heterocycles. The smallest absolute Gasteiger partial charge is 0.337 e. The SMILES string of the molecule is COC(=O)c1cc(Cl)c2nc(CN3CCN(c4cccc5c4OC(C)(c4ccc(Cl)cn4)O5)C4CCC43)n(C[C@@H]3CCO3)c2c1. The molecule has 4 atom stereocenters. The zero-order valence-corrected chi connectivity index (χ0v) is 26.6. The van der Waals surface area contributed by atoms with Crippen LogP contribution in [0.15, 0.2) is 48.7 Å². The lowest BCUT2D eigenvalue weighted by molar-refractivity contribution is -0.0717. The van der Waals surface area contributed by atoms with E-state index in [1.807, 2.05) is 31.2 Å². The van der Waals surface area contributed by atoms with Crippen LogP contribution >= 0.6 is 23.2 Å². The van der Waals surface area contributed by atoms with Crippen LogP contribution < -0.4 is 14.4 Å². The molecule has 4 aliphatic rings. The minimum Gasteiger partial charge on any atom is -0.465 e. The van der Waals surface area contributed by atoms with Gasteiger partial charge in [-0.15, -0.1) is 0 Å². The second-order valence-corrected chi connectivity index (χ2v) is 13.1. The van der Waals surface area contributed by atoms with Crippen molar-refractivity contribution in [3.8, 4) is 11.5 Å². The molecule has 1 aliphatic carbocycles. The number of methoxy groups -OCH3 is 1. The Bertz CT molecular complexity index is 1790. The predicted molar refractivity (Wildman–Crippen MR) is 169 cm³/mol. The molecule has 0 radical (unpaired) electrons. The molecule has 45 heavy (non-hydrogen) atoms. The van der Waals surface area contributed by atoms with E-state index >= 15 is 0 Å². The number of hydrogen-bond donors (Lipinski definition) is 0. The monoisotopic (exact) mass is 649 g/mol. The maximum absolute atomic E-state index is 12.4. The maximum atomic E-state index is 12.4. The third kappa shape index (κ3) is 4.90. The highest BCUT2D eigenvalue weighted by Crippen LogP contribution is 2.51. The van der Waals surface area contributed by atoms with Crippen molar-refractivity contribution in [1.29, 1.82) is 0 Å². The standard InChI is InChI=1S/C33H33Cl2N5O5/c1-33(28-9-6-20(34)16-36-28)44-27-5-3-4-25(31(27)45-33)39-12-11-38(23-7-8-24(23)39)18-29-37-30-22(35)14-19(32(41)42-2)15-26(30)40(29)17-21-10-13-43-21/h3-6,9,14-16,21,23-24H,7-8,10-13,17-18H2,1-2H3/t21-,23?,24?,33?/m0/s1. The Balaban J connectivity index is 1.06. The molecule has 2 aromatic heterocycles. The molecule has 12 heteroatoms. The van der Waals surface area contributed by atoms with Gasteiger partial charge in [-0.05, 0) is 55.7 Å². The number of carbonyl (C=O) groups is 1. The first kappa shape index (κ1) is 28.9.